The second-order valence-electron chi connectivity index (χ2n) is 7.58. The lowest BCUT2D eigenvalue weighted by Crippen LogP contribution is -2.49. The zero-order valence-electron chi connectivity index (χ0n) is 17.5. The Bertz CT molecular complexity index is 649. The molecule has 0 aromatic heterocycles. The largest absolute Gasteiger partial charge is 0.381 e. The number of aliphatic imine (C=N–C) groups is 1. The Morgan fingerprint density at radius 1 is 1.31 bits per heavy atom. The van der Waals surface area contributed by atoms with Crippen LogP contribution in [-0.2, 0) is 4.74 Å². The fraction of sp³-hybridized carbons (Fsp3) is 0.667. The molecule has 2 heterocycles. The van der Waals surface area contributed by atoms with Crippen molar-refractivity contribution in [2.75, 3.05) is 50.5 Å². The van der Waals surface area contributed by atoms with Crippen LogP contribution in [0.15, 0.2) is 29.3 Å². The monoisotopic (exact) mass is 536 g/mol. The van der Waals surface area contributed by atoms with E-state index < -0.39 is 0 Å². The maximum Gasteiger partial charge on any atom is 0.191 e. The molecule has 0 unspecified atom stereocenters. The van der Waals surface area contributed by atoms with Crippen LogP contribution in [0.4, 0.5) is 10.1 Å². The quantitative estimate of drug-likeness (QED) is 0.329. The van der Waals surface area contributed by atoms with Gasteiger partial charge < -0.3 is 20.3 Å². The Morgan fingerprint density at radius 3 is 2.66 bits per heavy atom. The molecular formula is C21H34FIN4OS. The van der Waals surface area contributed by atoms with E-state index in [9.17, 15) is 4.39 Å². The minimum absolute atomic E-state index is 0. The SMILES string of the molecule is CCNC(=NCC1(SC)CCOCC1)NC1CCN(c2cccc(F)c2)CC1.I. The molecular weight excluding hydrogens is 502 g/mol. The summed E-state index contributed by atoms with van der Waals surface area (Å²) >= 11 is 1.92. The summed E-state index contributed by atoms with van der Waals surface area (Å²) in [7, 11) is 0. The van der Waals surface area contributed by atoms with Crippen molar-refractivity contribution in [1.82, 2.24) is 10.6 Å². The summed E-state index contributed by atoms with van der Waals surface area (Å²) < 4.78 is 19.2. The molecule has 2 N–H and O–H groups in total. The average molecular weight is 536 g/mol. The minimum atomic E-state index is -0.171. The van der Waals surface area contributed by atoms with E-state index in [-0.39, 0.29) is 34.5 Å². The lowest BCUT2D eigenvalue weighted by Gasteiger charge is -2.36. The summed E-state index contributed by atoms with van der Waals surface area (Å²) in [6.45, 7) is 7.28. The summed E-state index contributed by atoms with van der Waals surface area (Å²) in [4.78, 5) is 7.18. The summed E-state index contributed by atoms with van der Waals surface area (Å²) in [5.41, 5.74) is 0.973. The van der Waals surface area contributed by atoms with Crippen molar-refractivity contribution >= 4 is 47.4 Å². The zero-order valence-corrected chi connectivity index (χ0v) is 20.6. The van der Waals surface area contributed by atoms with Crippen molar-refractivity contribution in [2.45, 2.75) is 43.4 Å². The molecule has 5 nitrogen and oxygen atoms in total. The highest BCUT2D eigenvalue weighted by atomic mass is 127. The number of ether oxygens (including phenoxy) is 1. The third-order valence-electron chi connectivity index (χ3n) is 5.72. The molecule has 0 bridgehead atoms. The highest BCUT2D eigenvalue weighted by molar-refractivity contribution is 14.0. The molecule has 0 amide bonds. The van der Waals surface area contributed by atoms with E-state index in [0.717, 1.165) is 76.7 Å². The van der Waals surface area contributed by atoms with Crippen LogP contribution < -0.4 is 15.5 Å². The third kappa shape index (κ3) is 7.17. The van der Waals surface area contributed by atoms with Gasteiger partial charge in [-0.15, -0.1) is 24.0 Å². The lowest BCUT2D eigenvalue weighted by atomic mass is 9.99. The van der Waals surface area contributed by atoms with Gasteiger partial charge in [0.15, 0.2) is 5.96 Å². The van der Waals surface area contributed by atoms with Crippen LogP contribution in [0.5, 0.6) is 0 Å². The number of rotatable bonds is 6. The van der Waals surface area contributed by atoms with Gasteiger partial charge in [0.25, 0.3) is 0 Å². The van der Waals surface area contributed by atoms with Crippen LogP contribution in [0.1, 0.15) is 32.6 Å². The standard InChI is InChI=1S/C21H33FN4OS.HI/c1-3-23-20(24-16-21(28-2)9-13-27-14-10-21)25-18-7-11-26(12-8-18)19-6-4-5-17(22)15-19;/h4-6,15,18H,3,7-14,16H2,1-2H3,(H2,23,24,25);1H. The Hall–Kier alpha value is -0.740. The van der Waals surface area contributed by atoms with E-state index in [4.69, 9.17) is 9.73 Å². The molecule has 2 aliphatic rings. The Labute approximate surface area is 195 Å². The van der Waals surface area contributed by atoms with Crippen LogP contribution >= 0.6 is 35.7 Å². The molecule has 1 aromatic carbocycles. The summed E-state index contributed by atoms with van der Waals surface area (Å²) in [5.74, 6) is 0.738. The van der Waals surface area contributed by atoms with E-state index in [1.54, 1.807) is 12.1 Å². The number of thioether (sulfide) groups is 1. The van der Waals surface area contributed by atoms with Gasteiger partial charge in [-0.25, -0.2) is 4.39 Å². The fourth-order valence-electron chi connectivity index (χ4n) is 3.86. The lowest BCUT2D eigenvalue weighted by molar-refractivity contribution is 0.0794. The van der Waals surface area contributed by atoms with E-state index in [1.165, 1.54) is 6.07 Å². The maximum atomic E-state index is 13.5. The number of piperidine rings is 1. The first-order chi connectivity index (χ1) is 13.6. The number of hydrogen-bond donors (Lipinski definition) is 2. The molecule has 0 saturated carbocycles. The van der Waals surface area contributed by atoms with Crippen LogP contribution in [0.3, 0.4) is 0 Å². The van der Waals surface area contributed by atoms with Crippen molar-refractivity contribution in [3.05, 3.63) is 30.1 Å². The summed E-state index contributed by atoms with van der Waals surface area (Å²) in [5, 5.41) is 7.02. The first-order valence-corrected chi connectivity index (χ1v) is 11.5. The highest BCUT2D eigenvalue weighted by Crippen LogP contribution is 2.34. The van der Waals surface area contributed by atoms with E-state index in [0.29, 0.717) is 6.04 Å². The second kappa shape index (κ2) is 12.2. The predicted octanol–water partition coefficient (Wildman–Crippen LogP) is 3.88. The van der Waals surface area contributed by atoms with E-state index in [2.05, 4.69) is 28.7 Å². The molecule has 2 saturated heterocycles. The molecule has 0 aliphatic carbocycles. The molecule has 8 heteroatoms. The number of nitrogens with zero attached hydrogens (tertiary/aromatic N) is 2. The van der Waals surface area contributed by atoms with Crippen LogP contribution in [0.25, 0.3) is 0 Å². The van der Waals surface area contributed by atoms with Crippen molar-refractivity contribution in [3.63, 3.8) is 0 Å². The van der Waals surface area contributed by atoms with E-state index in [1.807, 2.05) is 17.8 Å². The maximum absolute atomic E-state index is 13.5. The van der Waals surface area contributed by atoms with Gasteiger partial charge in [0.2, 0.25) is 0 Å². The first kappa shape index (κ1) is 24.5. The molecule has 0 atom stereocenters. The van der Waals surface area contributed by atoms with Gasteiger partial charge >= 0.3 is 0 Å². The van der Waals surface area contributed by atoms with Crippen LogP contribution in [0.2, 0.25) is 0 Å². The van der Waals surface area contributed by atoms with Gasteiger partial charge in [0, 0.05) is 49.3 Å². The van der Waals surface area contributed by atoms with Gasteiger partial charge in [-0.05, 0) is 57.1 Å². The van der Waals surface area contributed by atoms with Gasteiger partial charge in [-0.2, -0.15) is 11.8 Å². The number of nitrogens with one attached hydrogen (secondary N) is 2. The molecule has 2 aliphatic heterocycles. The molecule has 0 spiro atoms. The van der Waals surface area contributed by atoms with Gasteiger partial charge in [-0.3, -0.25) is 4.99 Å². The molecule has 3 rings (SSSR count). The van der Waals surface area contributed by atoms with Crippen molar-refractivity contribution < 1.29 is 9.13 Å². The number of benzene rings is 1. The van der Waals surface area contributed by atoms with Crippen molar-refractivity contribution in [3.8, 4) is 0 Å². The Morgan fingerprint density at radius 2 is 2.03 bits per heavy atom. The topological polar surface area (TPSA) is 48.9 Å². The smallest absolute Gasteiger partial charge is 0.191 e. The second-order valence-corrected chi connectivity index (χ2v) is 8.85. The van der Waals surface area contributed by atoms with Gasteiger partial charge in [0.05, 0.1) is 6.54 Å². The normalized spacial score (nSPS) is 20.1. The zero-order chi connectivity index (χ0) is 19.8. The molecule has 2 fully saturated rings. The molecule has 0 radical (unpaired) electrons. The minimum Gasteiger partial charge on any atom is -0.381 e. The van der Waals surface area contributed by atoms with Crippen molar-refractivity contribution in [2.24, 2.45) is 4.99 Å². The van der Waals surface area contributed by atoms with Crippen LogP contribution in [-0.4, -0.2) is 62.4 Å². The highest BCUT2D eigenvalue weighted by Gasteiger charge is 2.31. The number of guanidine groups is 1. The Kier molecular flexibility index (Phi) is 10.3. The molecule has 1 aromatic rings. The predicted molar refractivity (Wildman–Crippen MR) is 132 cm³/mol. The van der Waals surface area contributed by atoms with Crippen LogP contribution in [0, 0.1) is 5.82 Å². The number of anilines is 1. The third-order valence-corrected chi connectivity index (χ3v) is 7.12. The first-order valence-electron chi connectivity index (χ1n) is 10.3. The number of hydrogen-bond acceptors (Lipinski definition) is 4. The Balaban J connectivity index is 0.00000300. The molecule has 29 heavy (non-hydrogen) atoms. The number of halogens is 2. The van der Waals surface area contributed by atoms with Crippen molar-refractivity contribution in [1.29, 1.82) is 0 Å². The average Bonchev–Trinajstić information content (AvgIpc) is 2.73. The molecule has 164 valence electrons. The van der Waals surface area contributed by atoms with Gasteiger partial charge in [0.1, 0.15) is 5.82 Å². The van der Waals surface area contributed by atoms with E-state index >= 15 is 0 Å². The summed E-state index contributed by atoms with van der Waals surface area (Å²) in [6, 6.07) is 7.27. The van der Waals surface area contributed by atoms with Gasteiger partial charge in [-0.1, -0.05) is 6.07 Å². The fourth-order valence-corrected chi connectivity index (χ4v) is 4.63. The summed E-state index contributed by atoms with van der Waals surface area (Å²) in [6.07, 6.45) is 6.33.